The molecule has 148 valence electrons. The average molecular weight is 491 g/mol. The van der Waals surface area contributed by atoms with E-state index in [9.17, 15) is 13.2 Å². The summed E-state index contributed by atoms with van der Waals surface area (Å²) >= 11 is 4.31. The van der Waals surface area contributed by atoms with Crippen LogP contribution in [0.4, 0.5) is 11.4 Å². The maximum atomic E-state index is 12.8. The second-order valence-corrected chi connectivity index (χ2v) is 10.5. The molecule has 0 aliphatic rings. The molecule has 0 aliphatic carbocycles. The average Bonchev–Trinajstić information content (AvgIpc) is 3.16. The van der Waals surface area contributed by atoms with Gasteiger partial charge >= 0.3 is 5.63 Å². The van der Waals surface area contributed by atoms with Crippen molar-refractivity contribution >= 4 is 59.6 Å². The van der Waals surface area contributed by atoms with Crippen molar-refractivity contribution in [2.24, 2.45) is 0 Å². The lowest BCUT2D eigenvalue weighted by Gasteiger charge is -2.15. The molecule has 2 N–H and O–H groups in total. The van der Waals surface area contributed by atoms with Gasteiger partial charge in [0, 0.05) is 11.9 Å². The summed E-state index contributed by atoms with van der Waals surface area (Å²) in [5.41, 5.74) is 0.818. The van der Waals surface area contributed by atoms with Gasteiger partial charge in [0.1, 0.15) is 9.79 Å². The van der Waals surface area contributed by atoms with E-state index in [0.29, 0.717) is 27.0 Å². The predicted molar refractivity (Wildman–Crippen MR) is 119 cm³/mol. The van der Waals surface area contributed by atoms with E-state index in [4.69, 9.17) is 4.42 Å². The van der Waals surface area contributed by atoms with Crippen LogP contribution in [0.1, 0.15) is 5.56 Å². The molecule has 4 rings (SSSR count). The lowest BCUT2D eigenvalue weighted by molar-refractivity contribution is 0.563. The van der Waals surface area contributed by atoms with Gasteiger partial charge in [0.25, 0.3) is 10.0 Å². The fraction of sp³-hybridized carbons (Fsp3) is 0.0500. The fourth-order valence-corrected chi connectivity index (χ4v) is 5.92. The summed E-state index contributed by atoms with van der Waals surface area (Å²) in [5, 5.41) is 3.80. The molecule has 2 aromatic heterocycles. The van der Waals surface area contributed by atoms with Crippen molar-refractivity contribution in [2.75, 3.05) is 10.0 Å². The molecule has 0 aliphatic heterocycles. The Kier molecular flexibility index (Phi) is 5.44. The number of sulfonamides is 1. The van der Waals surface area contributed by atoms with E-state index in [0.717, 1.165) is 16.9 Å². The second kappa shape index (κ2) is 8.02. The van der Waals surface area contributed by atoms with E-state index in [1.165, 1.54) is 6.07 Å². The van der Waals surface area contributed by atoms with Crippen molar-refractivity contribution in [3.63, 3.8) is 0 Å². The number of para-hydroxylation sites is 1. The Morgan fingerprint density at radius 1 is 0.931 bits per heavy atom. The number of hydrogen-bond donors (Lipinski definition) is 2. The highest BCUT2D eigenvalue weighted by molar-refractivity contribution is 9.11. The minimum atomic E-state index is -3.95. The SMILES string of the molecule is O=c1oc2ccccc2c(NCc2ccccc2)c1NS(=O)(=O)c1ccc(Br)s1. The molecule has 0 saturated carbocycles. The van der Waals surface area contributed by atoms with Crippen LogP contribution in [0.2, 0.25) is 0 Å². The molecular formula is C20H15BrN2O4S2. The van der Waals surface area contributed by atoms with Gasteiger partial charge in [0.05, 0.1) is 9.47 Å². The largest absolute Gasteiger partial charge is 0.421 e. The number of anilines is 2. The minimum Gasteiger partial charge on any atom is -0.421 e. The van der Waals surface area contributed by atoms with E-state index >= 15 is 0 Å². The Bertz CT molecular complexity index is 1330. The van der Waals surface area contributed by atoms with E-state index < -0.39 is 15.6 Å². The van der Waals surface area contributed by atoms with Crippen molar-refractivity contribution in [3.8, 4) is 0 Å². The second-order valence-electron chi connectivity index (χ2n) is 6.14. The third-order valence-electron chi connectivity index (χ3n) is 4.18. The molecule has 0 spiro atoms. The molecule has 0 fully saturated rings. The normalized spacial score (nSPS) is 11.5. The van der Waals surface area contributed by atoms with Crippen LogP contribution in [-0.2, 0) is 16.6 Å². The molecule has 9 heteroatoms. The summed E-state index contributed by atoms with van der Waals surface area (Å²) in [6.07, 6.45) is 0. The molecule has 0 atom stereocenters. The van der Waals surface area contributed by atoms with E-state index in [2.05, 4.69) is 26.0 Å². The highest BCUT2D eigenvalue weighted by atomic mass is 79.9. The monoisotopic (exact) mass is 490 g/mol. The summed E-state index contributed by atoms with van der Waals surface area (Å²) in [6.45, 7) is 0.410. The summed E-state index contributed by atoms with van der Waals surface area (Å²) in [4.78, 5) is 12.6. The molecule has 0 bridgehead atoms. The Morgan fingerprint density at radius 2 is 1.66 bits per heavy atom. The van der Waals surface area contributed by atoms with Crippen LogP contribution in [0.25, 0.3) is 11.0 Å². The number of halogens is 1. The number of thiophene rings is 1. The molecule has 29 heavy (non-hydrogen) atoms. The van der Waals surface area contributed by atoms with Gasteiger partial charge in [-0.15, -0.1) is 11.3 Å². The summed E-state index contributed by atoms with van der Waals surface area (Å²) < 4.78 is 34.1. The lowest BCUT2D eigenvalue weighted by Crippen LogP contribution is -2.20. The van der Waals surface area contributed by atoms with E-state index in [1.54, 1.807) is 30.3 Å². The molecular weight excluding hydrogens is 476 g/mol. The lowest BCUT2D eigenvalue weighted by atomic mass is 10.1. The fourth-order valence-electron chi connectivity index (χ4n) is 2.84. The van der Waals surface area contributed by atoms with E-state index in [1.807, 2.05) is 30.3 Å². The molecule has 4 aromatic rings. The van der Waals surface area contributed by atoms with Crippen LogP contribution < -0.4 is 15.7 Å². The Labute approximate surface area is 179 Å². The third-order valence-corrected chi connectivity index (χ3v) is 7.64. The Hall–Kier alpha value is -2.62. The molecule has 0 amide bonds. The Balaban J connectivity index is 1.80. The van der Waals surface area contributed by atoms with Gasteiger partial charge in [0.2, 0.25) is 0 Å². The van der Waals surface area contributed by atoms with Crippen LogP contribution in [0, 0.1) is 0 Å². The number of rotatable bonds is 6. The molecule has 2 aromatic carbocycles. The molecule has 0 saturated heterocycles. The van der Waals surface area contributed by atoms with Crippen LogP contribution >= 0.6 is 27.3 Å². The summed E-state index contributed by atoms with van der Waals surface area (Å²) in [7, 11) is -3.95. The van der Waals surface area contributed by atoms with Gasteiger partial charge < -0.3 is 9.73 Å². The predicted octanol–water partition coefficient (Wildman–Crippen LogP) is 5.03. The van der Waals surface area contributed by atoms with Gasteiger partial charge in [-0.3, -0.25) is 4.72 Å². The van der Waals surface area contributed by atoms with Crippen molar-refractivity contribution in [1.29, 1.82) is 0 Å². The zero-order valence-corrected chi connectivity index (χ0v) is 18.1. The summed E-state index contributed by atoms with van der Waals surface area (Å²) in [6, 6.07) is 19.7. The number of fused-ring (bicyclic) bond motifs is 1. The van der Waals surface area contributed by atoms with Crippen molar-refractivity contribution < 1.29 is 12.8 Å². The highest BCUT2D eigenvalue weighted by Gasteiger charge is 2.23. The van der Waals surface area contributed by atoms with Gasteiger partial charge in [-0.2, -0.15) is 0 Å². The van der Waals surface area contributed by atoms with Gasteiger partial charge in [-0.05, 0) is 45.8 Å². The van der Waals surface area contributed by atoms with Crippen molar-refractivity contribution in [1.82, 2.24) is 0 Å². The topological polar surface area (TPSA) is 88.4 Å². The van der Waals surface area contributed by atoms with Crippen LogP contribution in [0.15, 0.2) is 83.9 Å². The smallest absolute Gasteiger partial charge is 0.363 e. The van der Waals surface area contributed by atoms with Crippen LogP contribution in [0.3, 0.4) is 0 Å². The first-order valence-corrected chi connectivity index (χ1v) is 11.6. The molecule has 0 unspecified atom stereocenters. The molecule has 0 radical (unpaired) electrons. The minimum absolute atomic E-state index is 0.0888. The third kappa shape index (κ3) is 4.21. The standard InChI is InChI=1S/C20H15BrN2O4S2/c21-16-10-11-17(28-16)29(25,26)23-19-18(22-12-13-6-2-1-3-7-13)14-8-4-5-9-15(14)27-20(19)24/h1-11,22-23H,12H2. The zero-order valence-electron chi connectivity index (χ0n) is 14.9. The Morgan fingerprint density at radius 3 is 2.38 bits per heavy atom. The van der Waals surface area contributed by atoms with Gasteiger partial charge in [-0.1, -0.05) is 42.5 Å². The van der Waals surface area contributed by atoms with Crippen LogP contribution in [0.5, 0.6) is 0 Å². The summed E-state index contributed by atoms with van der Waals surface area (Å²) in [5.74, 6) is 0. The maximum absolute atomic E-state index is 12.8. The first-order valence-electron chi connectivity index (χ1n) is 8.56. The zero-order chi connectivity index (χ0) is 20.4. The van der Waals surface area contributed by atoms with Gasteiger partial charge in [-0.25, -0.2) is 13.2 Å². The highest BCUT2D eigenvalue weighted by Crippen LogP contribution is 2.32. The first kappa shape index (κ1) is 19.7. The molecule has 2 heterocycles. The first-order chi connectivity index (χ1) is 13.9. The van der Waals surface area contributed by atoms with Crippen LogP contribution in [-0.4, -0.2) is 8.42 Å². The van der Waals surface area contributed by atoms with Gasteiger partial charge in [0.15, 0.2) is 5.69 Å². The van der Waals surface area contributed by atoms with Crippen molar-refractivity contribution in [2.45, 2.75) is 10.8 Å². The molecule has 6 nitrogen and oxygen atoms in total. The number of benzene rings is 2. The maximum Gasteiger partial charge on any atom is 0.363 e. The van der Waals surface area contributed by atoms with E-state index in [-0.39, 0.29) is 9.90 Å². The number of nitrogens with one attached hydrogen (secondary N) is 2. The van der Waals surface area contributed by atoms with Crippen molar-refractivity contribution in [3.05, 3.63) is 86.5 Å². The number of hydrogen-bond acceptors (Lipinski definition) is 6. The quantitative estimate of drug-likeness (QED) is 0.370.